The van der Waals surface area contributed by atoms with Crippen LogP contribution in [0, 0.1) is 11.8 Å². The van der Waals surface area contributed by atoms with Gasteiger partial charge in [-0.2, -0.15) is 0 Å². The standard InChI is InChI=1S/C15H27NO4/c1-14(2,3)20-13(17)16-7-6-11-8-15(18-4,19-5)9-12(11)10-16/h11-12H,6-10H2,1-5H3/t11-,12-/m0/s1. The van der Waals surface area contributed by atoms with E-state index in [1.54, 1.807) is 14.2 Å². The molecule has 0 aromatic heterocycles. The molecule has 0 radical (unpaired) electrons. The summed E-state index contributed by atoms with van der Waals surface area (Å²) < 4.78 is 16.6. The van der Waals surface area contributed by atoms with Crippen molar-refractivity contribution in [3.05, 3.63) is 0 Å². The number of hydrogen-bond donors (Lipinski definition) is 0. The summed E-state index contributed by atoms with van der Waals surface area (Å²) in [4.78, 5) is 14.0. The monoisotopic (exact) mass is 285 g/mol. The number of ether oxygens (including phenoxy) is 3. The zero-order valence-corrected chi connectivity index (χ0v) is 13.3. The Morgan fingerprint density at radius 2 is 1.75 bits per heavy atom. The van der Waals surface area contributed by atoms with Crippen LogP contribution >= 0.6 is 0 Å². The third-order valence-electron chi connectivity index (χ3n) is 4.43. The summed E-state index contributed by atoms with van der Waals surface area (Å²) in [6.45, 7) is 7.20. The Morgan fingerprint density at radius 1 is 1.15 bits per heavy atom. The molecular weight excluding hydrogens is 258 g/mol. The molecule has 0 unspecified atom stereocenters. The topological polar surface area (TPSA) is 48.0 Å². The Labute approximate surface area is 121 Å². The molecule has 5 nitrogen and oxygen atoms in total. The van der Waals surface area contributed by atoms with Gasteiger partial charge in [-0.25, -0.2) is 4.79 Å². The Morgan fingerprint density at radius 3 is 2.30 bits per heavy atom. The SMILES string of the molecule is COC1(OC)C[C@H]2CN(C(=O)OC(C)(C)C)CC[C@H]2C1. The van der Waals surface area contributed by atoms with E-state index in [1.807, 2.05) is 25.7 Å². The summed E-state index contributed by atoms with van der Waals surface area (Å²) in [7, 11) is 3.40. The van der Waals surface area contributed by atoms with Gasteiger partial charge in [0.15, 0.2) is 5.79 Å². The van der Waals surface area contributed by atoms with Gasteiger partial charge < -0.3 is 19.1 Å². The van der Waals surface area contributed by atoms with Crippen LogP contribution in [0.15, 0.2) is 0 Å². The zero-order valence-electron chi connectivity index (χ0n) is 13.3. The molecule has 1 saturated heterocycles. The predicted molar refractivity (Wildman–Crippen MR) is 75.4 cm³/mol. The van der Waals surface area contributed by atoms with Crippen LogP contribution in [0.1, 0.15) is 40.0 Å². The minimum atomic E-state index is -0.459. The van der Waals surface area contributed by atoms with Crippen molar-refractivity contribution in [2.45, 2.75) is 51.4 Å². The van der Waals surface area contributed by atoms with Crippen molar-refractivity contribution in [2.24, 2.45) is 11.8 Å². The van der Waals surface area contributed by atoms with Gasteiger partial charge >= 0.3 is 6.09 Å². The van der Waals surface area contributed by atoms with E-state index in [0.717, 1.165) is 32.4 Å². The van der Waals surface area contributed by atoms with E-state index in [4.69, 9.17) is 14.2 Å². The highest BCUT2D eigenvalue weighted by molar-refractivity contribution is 5.68. The van der Waals surface area contributed by atoms with Gasteiger partial charge in [-0.15, -0.1) is 0 Å². The number of piperidine rings is 1. The van der Waals surface area contributed by atoms with Gasteiger partial charge in [0, 0.05) is 40.2 Å². The van der Waals surface area contributed by atoms with E-state index in [-0.39, 0.29) is 6.09 Å². The summed E-state index contributed by atoms with van der Waals surface area (Å²) >= 11 is 0. The van der Waals surface area contributed by atoms with Crippen LogP contribution in [-0.4, -0.2) is 49.7 Å². The molecule has 2 atom stereocenters. The fourth-order valence-electron chi connectivity index (χ4n) is 3.37. The lowest BCUT2D eigenvalue weighted by Crippen LogP contribution is -2.44. The van der Waals surface area contributed by atoms with Gasteiger partial charge in [0.25, 0.3) is 0 Å². The lowest BCUT2D eigenvalue weighted by atomic mass is 9.89. The fraction of sp³-hybridized carbons (Fsp3) is 0.933. The molecule has 2 aliphatic rings. The number of carbonyl (C=O) groups excluding carboxylic acids is 1. The highest BCUT2D eigenvalue weighted by Gasteiger charge is 2.48. The van der Waals surface area contributed by atoms with Crippen molar-refractivity contribution in [2.75, 3.05) is 27.3 Å². The minimum Gasteiger partial charge on any atom is -0.444 e. The number of hydrogen-bond acceptors (Lipinski definition) is 4. The van der Waals surface area contributed by atoms with E-state index in [9.17, 15) is 4.79 Å². The summed E-state index contributed by atoms with van der Waals surface area (Å²) in [5.41, 5.74) is -0.438. The molecule has 2 fully saturated rings. The lowest BCUT2D eigenvalue weighted by Gasteiger charge is -2.35. The third-order valence-corrected chi connectivity index (χ3v) is 4.43. The van der Waals surface area contributed by atoms with E-state index in [2.05, 4.69) is 0 Å². The van der Waals surface area contributed by atoms with Crippen LogP contribution in [0.2, 0.25) is 0 Å². The van der Waals surface area contributed by atoms with Gasteiger partial charge in [-0.1, -0.05) is 0 Å². The molecule has 5 heteroatoms. The molecule has 0 N–H and O–H groups in total. The molecule has 2 rings (SSSR count). The Hall–Kier alpha value is -0.810. The first-order valence-electron chi connectivity index (χ1n) is 7.37. The smallest absolute Gasteiger partial charge is 0.410 e. The maximum Gasteiger partial charge on any atom is 0.410 e. The third kappa shape index (κ3) is 3.26. The number of likely N-dealkylation sites (tertiary alicyclic amines) is 1. The van der Waals surface area contributed by atoms with Gasteiger partial charge in [0.2, 0.25) is 0 Å². The molecule has 1 aliphatic carbocycles. The first-order chi connectivity index (χ1) is 9.28. The molecule has 1 heterocycles. The maximum atomic E-state index is 12.1. The van der Waals surface area contributed by atoms with E-state index < -0.39 is 11.4 Å². The number of rotatable bonds is 2. The van der Waals surface area contributed by atoms with Crippen molar-refractivity contribution >= 4 is 6.09 Å². The van der Waals surface area contributed by atoms with E-state index in [1.165, 1.54) is 0 Å². The van der Waals surface area contributed by atoms with Crippen molar-refractivity contribution in [3.8, 4) is 0 Å². The average molecular weight is 285 g/mol. The predicted octanol–water partition coefficient (Wildman–Crippen LogP) is 2.64. The second kappa shape index (κ2) is 5.53. The summed E-state index contributed by atoms with van der Waals surface area (Å²) in [6.07, 6.45) is 2.57. The van der Waals surface area contributed by atoms with Gasteiger partial charge in [-0.3, -0.25) is 0 Å². The van der Waals surface area contributed by atoms with Gasteiger partial charge in [-0.05, 0) is 39.0 Å². The fourth-order valence-corrected chi connectivity index (χ4v) is 3.37. The van der Waals surface area contributed by atoms with Crippen LogP contribution in [0.3, 0.4) is 0 Å². The minimum absolute atomic E-state index is 0.205. The lowest BCUT2D eigenvalue weighted by molar-refractivity contribution is -0.203. The van der Waals surface area contributed by atoms with Crippen LogP contribution in [0.5, 0.6) is 0 Å². The summed E-state index contributed by atoms with van der Waals surface area (Å²) in [5.74, 6) is 0.559. The van der Waals surface area contributed by atoms with Crippen molar-refractivity contribution in [1.29, 1.82) is 0 Å². The van der Waals surface area contributed by atoms with Gasteiger partial charge in [0.1, 0.15) is 5.60 Å². The number of amides is 1. The summed E-state index contributed by atoms with van der Waals surface area (Å²) in [6, 6.07) is 0. The highest BCUT2D eigenvalue weighted by atomic mass is 16.7. The van der Waals surface area contributed by atoms with Crippen LogP contribution in [0.25, 0.3) is 0 Å². The molecule has 0 spiro atoms. The first kappa shape index (κ1) is 15.6. The zero-order chi connectivity index (χ0) is 15.0. The number of methoxy groups -OCH3 is 2. The van der Waals surface area contributed by atoms with Crippen molar-refractivity contribution in [3.63, 3.8) is 0 Å². The molecule has 116 valence electrons. The molecule has 0 aromatic rings. The molecule has 1 amide bonds. The largest absolute Gasteiger partial charge is 0.444 e. The van der Waals surface area contributed by atoms with Crippen molar-refractivity contribution < 1.29 is 19.0 Å². The molecule has 1 aliphatic heterocycles. The average Bonchev–Trinajstić information content (AvgIpc) is 2.75. The van der Waals surface area contributed by atoms with Crippen LogP contribution in [0.4, 0.5) is 4.79 Å². The van der Waals surface area contributed by atoms with Gasteiger partial charge in [0.05, 0.1) is 0 Å². The Balaban J connectivity index is 1.96. The molecule has 0 aromatic carbocycles. The normalized spacial score (nSPS) is 29.1. The maximum absolute atomic E-state index is 12.1. The van der Waals surface area contributed by atoms with Crippen LogP contribution < -0.4 is 0 Å². The molecular formula is C15H27NO4. The number of carbonyl (C=O) groups is 1. The second-order valence-electron chi connectivity index (χ2n) is 6.96. The highest BCUT2D eigenvalue weighted by Crippen LogP contribution is 2.45. The Kier molecular flexibility index (Phi) is 4.30. The van der Waals surface area contributed by atoms with Crippen molar-refractivity contribution in [1.82, 2.24) is 4.90 Å². The summed E-state index contributed by atoms with van der Waals surface area (Å²) in [5, 5.41) is 0. The van der Waals surface area contributed by atoms with Crippen LogP contribution in [-0.2, 0) is 14.2 Å². The molecule has 20 heavy (non-hydrogen) atoms. The van der Waals surface area contributed by atoms with E-state index in [0.29, 0.717) is 11.8 Å². The quantitative estimate of drug-likeness (QED) is 0.732. The molecule has 1 saturated carbocycles. The number of nitrogens with zero attached hydrogens (tertiary/aromatic N) is 1. The Bertz CT molecular complexity index is 359. The molecule has 0 bridgehead atoms. The van der Waals surface area contributed by atoms with E-state index >= 15 is 0 Å². The number of fused-ring (bicyclic) bond motifs is 1. The first-order valence-corrected chi connectivity index (χ1v) is 7.37. The second-order valence-corrected chi connectivity index (χ2v) is 6.96.